The molecule has 2 aliphatic rings. The van der Waals surface area contributed by atoms with E-state index < -0.39 is 0 Å². The normalized spacial score (nSPS) is 32.8. The smallest absolute Gasteiger partial charge is 0.127 e. The van der Waals surface area contributed by atoms with E-state index in [-0.39, 0.29) is 11.6 Å². The zero-order valence-electron chi connectivity index (χ0n) is 11.3. The summed E-state index contributed by atoms with van der Waals surface area (Å²) in [6, 6.07) is 0.117. The minimum atomic E-state index is 0.0911. The highest BCUT2D eigenvalue weighted by Crippen LogP contribution is 2.43. The minimum absolute atomic E-state index is 0.0911. The molecular formula is C13H22N4OS. The molecule has 0 amide bonds. The van der Waals surface area contributed by atoms with Gasteiger partial charge in [0.05, 0.1) is 11.6 Å². The van der Waals surface area contributed by atoms with Crippen molar-refractivity contribution in [2.45, 2.75) is 30.9 Å². The van der Waals surface area contributed by atoms with Gasteiger partial charge in [0.25, 0.3) is 0 Å². The van der Waals surface area contributed by atoms with Crippen molar-refractivity contribution in [1.82, 2.24) is 15.0 Å². The summed E-state index contributed by atoms with van der Waals surface area (Å²) in [5.41, 5.74) is 3.07. The first-order valence-electron chi connectivity index (χ1n) is 6.89. The molecule has 106 valence electrons. The monoisotopic (exact) mass is 282 g/mol. The SMILES string of the molecule is Cn1ccnc1C(NN)C1CCOC2(CCSC2)C1. The van der Waals surface area contributed by atoms with Crippen LogP contribution < -0.4 is 11.3 Å². The summed E-state index contributed by atoms with van der Waals surface area (Å²) in [7, 11) is 2.02. The van der Waals surface area contributed by atoms with E-state index in [0.29, 0.717) is 5.92 Å². The second-order valence-corrected chi connectivity index (χ2v) is 6.73. The molecule has 0 radical (unpaired) electrons. The van der Waals surface area contributed by atoms with Crippen molar-refractivity contribution in [3.05, 3.63) is 18.2 Å². The first kappa shape index (κ1) is 13.4. The number of nitrogens with zero attached hydrogens (tertiary/aromatic N) is 2. The van der Waals surface area contributed by atoms with Gasteiger partial charge in [-0.05, 0) is 30.9 Å². The van der Waals surface area contributed by atoms with Crippen LogP contribution >= 0.6 is 11.8 Å². The molecule has 0 bridgehead atoms. The van der Waals surface area contributed by atoms with Gasteiger partial charge in [0, 0.05) is 31.8 Å². The van der Waals surface area contributed by atoms with Gasteiger partial charge in [0.15, 0.2) is 0 Å². The zero-order chi connectivity index (χ0) is 13.3. The number of aryl methyl sites for hydroxylation is 1. The average Bonchev–Trinajstić information content (AvgIpc) is 3.02. The van der Waals surface area contributed by atoms with Crippen molar-refractivity contribution in [1.29, 1.82) is 0 Å². The molecule has 2 saturated heterocycles. The van der Waals surface area contributed by atoms with E-state index in [4.69, 9.17) is 10.6 Å². The zero-order valence-corrected chi connectivity index (χ0v) is 12.2. The Morgan fingerprint density at radius 2 is 2.58 bits per heavy atom. The van der Waals surface area contributed by atoms with Gasteiger partial charge < -0.3 is 9.30 Å². The Bertz CT molecular complexity index is 430. The third kappa shape index (κ3) is 2.54. The number of rotatable bonds is 3. The number of ether oxygens (including phenoxy) is 1. The lowest BCUT2D eigenvalue weighted by Gasteiger charge is -2.40. The second kappa shape index (κ2) is 5.44. The van der Waals surface area contributed by atoms with Crippen LogP contribution in [-0.4, -0.2) is 33.3 Å². The van der Waals surface area contributed by atoms with E-state index in [1.54, 1.807) is 0 Å². The number of nitrogens with one attached hydrogen (secondary N) is 1. The maximum absolute atomic E-state index is 6.08. The lowest BCUT2D eigenvalue weighted by Crippen LogP contribution is -2.45. The topological polar surface area (TPSA) is 65.1 Å². The van der Waals surface area contributed by atoms with Gasteiger partial charge >= 0.3 is 0 Å². The summed E-state index contributed by atoms with van der Waals surface area (Å²) >= 11 is 2.00. The average molecular weight is 282 g/mol. The molecule has 3 heterocycles. The third-order valence-corrected chi connectivity index (χ3v) is 5.61. The van der Waals surface area contributed by atoms with Gasteiger partial charge in [-0.1, -0.05) is 0 Å². The van der Waals surface area contributed by atoms with E-state index in [0.717, 1.165) is 31.0 Å². The van der Waals surface area contributed by atoms with Crippen LogP contribution in [0, 0.1) is 5.92 Å². The van der Waals surface area contributed by atoms with Crippen LogP contribution in [0.2, 0.25) is 0 Å². The van der Waals surface area contributed by atoms with E-state index in [2.05, 4.69) is 15.0 Å². The maximum atomic E-state index is 6.08. The van der Waals surface area contributed by atoms with Crippen LogP contribution in [0.15, 0.2) is 12.4 Å². The number of hydrogen-bond donors (Lipinski definition) is 2. The van der Waals surface area contributed by atoms with Crippen LogP contribution in [0.4, 0.5) is 0 Å². The number of hydrazine groups is 1. The molecule has 0 aliphatic carbocycles. The highest BCUT2D eigenvalue weighted by atomic mass is 32.2. The summed E-state index contributed by atoms with van der Waals surface area (Å²) in [4.78, 5) is 4.45. The molecule has 2 fully saturated rings. The molecule has 3 N–H and O–H groups in total. The van der Waals surface area contributed by atoms with E-state index in [1.165, 1.54) is 12.2 Å². The lowest BCUT2D eigenvalue weighted by atomic mass is 9.81. The first-order valence-corrected chi connectivity index (χ1v) is 8.05. The van der Waals surface area contributed by atoms with E-state index >= 15 is 0 Å². The first-order chi connectivity index (χ1) is 9.24. The van der Waals surface area contributed by atoms with Gasteiger partial charge in [-0.25, -0.2) is 10.4 Å². The fourth-order valence-corrected chi connectivity index (χ4v) is 4.69. The third-order valence-electron chi connectivity index (χ3n) is 4.39. The predicted octanol–water partition coefficient (Wildman–Crippen LogP) is 1.23. The maximum Gasteiger partial charge on any atom is 0.127 e. The summed E-state index contributed by atoms with van der Waals surface area (Å²) < 4.78 is 8.13. The lowest BCUT2D eigenvalue weighted by molar-refractivity contribution is -0.0860. The highest BCUT2D eigenvalue weighted by Gasteiger charge is 2.43. The Morgan fingerprint density at radius 3 is 3.21 bits per heavy atom. The number of hydrogen-bond acceptors (Lipinski definition) is 5. The standard InChI is InChI=1S/C13H22N4OS/c1-17-5-4-15-12(17)11(16-14)10-2-6-18-13(8-10)3-7-19-9-13/h4-5,10-11,16H,2-3,6-9,14H2,1H3. The number of thioether (sulfide) groups is 1. The Hall–Kier alpha value is -0.560. The Kier molecular flexibility index (Phi) is 3.84. The van der Waals surface area contributed by atoms with Gasteiger partial charge in [-0.2, -0.15) is 11.8 Å². The number of aromatic nitrogens is 2. The summed E-state index contributed by atoms with van der Waals surface area (Å²) in [6.45, 7) is 0.841. The number of nitrogens with two attached hydrogens (primary N) is 1. The van der Waals surface area contributed by atoms with Crippen molar-refractivity contribution >= 4 is 11.8 Å². The van der Waals surface area contributed by atoms with Crippen molar-refractivity contribution in [3.8, 4) is 0 Å². The summed E-state index contributed by atoms with van der Waals surface area (Å²) in [5, 5.41) is 0. The highest BCUT2D eigenvalue weighted by molar-refractivity contribution is 7.99. The number of imidazole rings is 1. The second-order valence-electron chi connectivity index (χ2n) is 5.63. The van der Waals surface area contributed by atoms with Crippen molar-refractivity contribution < 1.29 is 4.74 Å². The van der Waals surface area contributed by atoms with Crippen molar-refractivity contribution in [2.75, 3.05) is 18.1 Å². The molecule has 0 aromatic carbocycles. The molecule has 3 atom stereocenters. The van der Waals surface area contributed by atoms with Crippen LogP contribution in [0.25, 0.3) is 0 Å². The van der Waals surface area contributed by atoms with Crippen molar-refractivity contribution in [2.24, 2.45) is 18.8 Å². The summed E-state index contributed by atoms with van der Waals surface area (Å²) in [6.07, 6.45) is 7.11. The van der Waals surface area contributed by atoms with Gasteiger partial charge in [-0.3, -0.25) is 5.84 Å². The van der Waals surface area contributed by atoms with Crippen LogP contribution in [0.3, 0.4) is 0 Å². The molecule has 1 spiro atoms. The van der Waals surface area contributed by atoms with E-state index in [1.807, 2.05) is 31.2 Å². The molecule has 3 rings (SSSR count). The van der Waals surface area contributed by atoms with Crippen LogP contribution in [0.5, 0.6) is 0 Å². The van der Waals surface area contributed by atoms with Gasteiger partial charge in [-0.15, -0.1) is 0 Å². The Morgan fingerprint density at radius 1 is 1.68 bits per heavy atom. The summed E-state index contributed by atoms with van der Waals surface area (Å²) in [5.74, 6) is 9.67. The Balaban J connectivity index is 1.78. The van der Waals surface area contributed by atoms with Crippen LogP contribution in [0.1, 0.15) is 31.1 Å². The van der Waals surface area contributed by atoms with Crippen molar-refractivity contribution in [3.63, 3.8) is 0 Å². The molecule has 1 aromatic heterocycles. The molecule has 5 nitrogen and oxygen atoms in total. The molecule has 19 heavy (non-hydrogen) atoms. The molecule has 6 heteroatoms. The van der Waals surface area contributed by atoms with E-state index in [9.17, 15) is 0 Å². The Labute approximate surface area is 118 Å². The largest absolute Gasteiger partial charge is 0.374 e. The fourth-order valence-electron chi connectivity index (χ4n) is 3.31. The minimum Gasteiger partial charge on any atom is -0.374 e. The molecule has 3 unspecified atom stereocenters. The quantitative estimate of drug-likeness (QED) is 0.645. The fraction of sp³-hybridized carbons (Fsp3) is 0.769. The predicted molar refractivity (Wildman–Crippen MR) is 76.6 cm³/mol. The van der Waals surface area contributed by atoms with Gasteiger partial charge in [0.2, 0.25) is 0 Å². The van der Waals surface area contributed by atoms with Crippen LogP contribution in [-0.2, 0) is 11.8 Å². The molecular weight excluding hydrogens is 260 g/mol. The molecule has 1 aromatic rings. The molecule has 2 aliphatic heterocycles. The van der Waals surface area contributed by atoms with Gasteiger partial charge in [0.1, 0.15) is 5.82 Å². The molecule has 0 saturated carbocycles.